The molecule has 1 aromatic rings. The third kappa shape index (κ3) is 5.24. The van der Waals surface area contributed by atoms with Crippen molar-refractivity contribution in [1.29, 1.82) is 0 Å². The second-order valence-electron chi connectivity index (χ2n) is 4.72. The Kier molecular flexibility index (Phi) is 7.04. The molecule has 0 bridgehead atoms. The molecule has 106 valence electrons. The van der Waals surface area contributed by atoms with Crippen molar-refractivity contribution < 1.29 is 4.79 Å². The Morgan fingerprint density at radius 1 is 1.16 bits per heavy atom. The number of nitrogens with zero attached hydrogens (tertiary/aromatic N) is 2. The van der Waals surface area contributed by atoms with Gasteiger partial charge in [0.05, 0.1) is 5.56 Å². The first-order valence-electron chi connectivity index (χ1n) is 6.34. The summed E-state index contributed by atoms with van der Waals surface area (Å²) in [5.41, 5.74) is 0.710. The fourth-order valence-corrected chi connectivity index (χ4v) is 2.51. The van der Waals surface area contributed by atoms with E-state index in [1.807, 2.05) is 37.2 Å². The lowest BCUT2D eigenvalue weighted by molar-refractivity contribution is 0.0744. The number of carbonyl (C=O) groups excluding carboxylic acids is 1. The summed E-state index contributed by atoms with van der Waals surface area (Å²) in [6, 6.07) is 5.68. The van der Waals surface area contributed by atoms with Gasteiger partial charge in [-0.15, -0.1) is 0 Å². The van der Waals surface area contributed by atoms with Gasteiger partial charge < -0.3 is 9.80 Å². The van der Waals surface area contributed by atoms with E-state index in [2.05, 4.69) is 43.7 Å². The summed E-state index contributed by atoms with van der Waals surface area (Å²) in [5, 5.41) is 0. The van der Waals surface area contributed by atoms with E-state index in [9.17, 15) is 4.79 Å². The van der Waals surface area contributed by atoms with E-state index in [0.717, 1.165) is 35.0 Å². The minimum atomic E-state index is 0.0804. The zero-order chi connectivity index (χ0) is 14.4. The van der Waals surface area contributed by atoms with Crippen LogP contribution >= 0.6 is 31.9 Å². The van der Waals surface area contributed by atoms with Gasteiger partial charge in [-0.25, -0.2) is 0 Å². The first-order valence-corrected chi connectivity index (χ1v) is 7.93. The minimum Gasteiger partial charge on any atom is -0.337 e. The van der Waals surface area contributed by atoms with Gasteiger partial charge in [-0.05, 0) is 54.6 Å². The maximum Gasteiger partial charge on any atom is 0.255 e. The molecule has 0 aliphatic carbocycles. The number of amides is 1. The highest BCUT2D eigenvalue weighted by Crippen LogP contribution is 2.23. The summed E-state index contributed by atoms with van der Waals surface area (Å²) >= 11 is 6.87. The maximum atomic E-state index is 12.6. The van der Waals surface area contributed by atoms with E-state index in [-0.39, 0.29) is 5.91 Å². The van der Waals surface area contributed by atoms with Gasteiger partial charge in [0.25, 0.3) is 5.91 Å². The topological polar surface area (TPSA) is 23.6 Å². The summed E-state index contributed by atoms with van der Waals surface area (Å²) in [6.45, 7) is 4.49. The first-order chi connectivity index (χ1) is 8.95. The molecule has 1 aromatic carbocycles. The Hall–Kier alpha value is -0.390. The highest BCUT2D eigenvalue weighted by atomic mass is 79.9. The van der Waals surface area contributed by atoms with E-state index in [1.165, 1.54) is 0 Å². The average molecular weight is 392 g/mol. The molecule has 5 heteroatoms. The molecule has 0 N–H and O–H groups in total. The van der Waals surface area contributed by atoms with Crippen LogP contribution in [-0.2, 0) is 0 Å². The fourth-order valence-electron chi connectivity index (χ4n) is 1.74. The molecule has 0 saturated carbocycles. The number of carbonyl (C=O) groups is 1. The monoisotopic (exact) mass is 390 g/mol. The quantitative estimate of drug-likeness (QED) is 0.739. The molecule has 0 unspecified atom stereocenters. The lowest BCUT2D eigenvalue weighted by Gasteiger charge is -2.24. The van der Waals surface area contributed by atoms with Crippen LogP contribution in [0.1, 0.15) is 23.7 Å². The molecule has 0 radical (unpaired) electrons. The summed E-state index contributed by atoms with van der Waals surface area (Å²) in [4.78, 5) is 16.6. The number of benzene rings is 1. The van der Waals surface area contributed by atoms with Crippen molar-refractivity contribution in [2.45, 2.75) is 13.3 Å². The van der Waals surface area contributed by atoms with Crippen LogP contribution in [0, 0.1) is 0 Å². The molecule has 19 heavy (non-hydrogen) atoms. The highest BCUT2D eigenvalue weighted by Gasteiger charge is 2.17. The van der Waals surface area contributed by atoms with E-state index >= 15 is 0 Å². The summed E-state index contributed by atoms with van der Waals surface area (Å²) < 4.78 is 1.76. The molecule has 0 heterocycles. The smallest absolute Gasteiger partial charge is 0.255 e. The molecule has 0 fully saturated rings. The van der Waals surface area contributed by atoms with Crippen molar-refractivity contribution >= 4 is 37.8 Å². The maximum absolute atomic E-state index is 12.6. The van der Waals surface area contributed by atoms with E-state index in [4.69, 9.17) is 0 Å². The van der Waals surface area contributed by atoms with Gasteiger partial charge in [0, 0.05) is 28.6 Å². The van der Waals surface area contributed by atoms with Gasteiger partial charge >= 0.3 is 0 Å². The minimum absolute atomic E-state index is 0.0804. The van der Waals surface area contributed by atoms with Crippen LogP contribution in [-0.4, -0.2) is 49.4 Å². The van der Waals surface area contributed by atoms with Crippen LogP contribution in [0.3, 0.4) is 0 Å². The number of halogens is 2. The molecule has 1 amide bonds. The van der Waals surface area contributed by atoms with Crippen molar-refractivity contribution in [2.75, 3.05) is 33.7 Å². The van der Waals surface area contributed by atoms with Gasteiger partial charge in [-0.3, -0.25) is 4.79 Å². The number of hydrogen-bond donors (Lipinski definition) is 0. The predicted molar refractivity (Wildman–Crippen MR) is 86.6 cm³/mol. The second kappa shape index (κ2) is 8.02. The van der Waals surface area contributed by atoms with Gasteiger partial charge in [-0.2, -0.15) is 0 Å². The molecule has 3 nitrogen and oxygen atoms in total. The third-order valence-electron chi connectivity index (χ3n) is 2.76. The van der Waals surface area contributed by atoms with E-state index < -0.39 is 0 Å². The zero-order valence-electron chi connectivity index (χ0n) is 11.6. The molecular weight excluding hydrogens is 372 g/mol. The summed E-state index contributed by atoms with van der Waals surface area (Å²) in [5.74, 6) is 0.0804. The Morgan fingerprint density at radius 3 is 2.42 bits per heavy atom. The molecule has 0 aliphatic rings. The number of rotatable bonds is 6. The Balaban J connectivity index is 2.88. The predicted octanol–water partition coefficient (Wildman–Crippen LogP) is 3.63. The first kappa shape index (κ1) is 16.7. The molecule has 0 aromatic heterocycles. The third-order valence-corrected chi connectivity index (χ3v) is 3.94. The van der Waals surface area contributed by atoms with Crippen LogP contribution in [0.4, 0.5) is 0 Å². The molecule has 0 spiro atoms. The normalized spacial score (nSPS) is 10.8. The van der Waals surface area contributed by atoms with Crippen LogP contribution in [0.25, 0.3) is 0 Å². The largest absolute Gasteiger partial charge is 0.337 e. The van der Waals surface area contributed by atoms with Crippen molar-refractivity contribution in [3.8, 4) is 0 Å². The van der Waals surface area contributed by atoms with Gasteiger partial charge in [0.1, 0.15) is 0 Å². The fraction of sp³-hybridized carbons (Fsp3) is 0.500. The van der Waals surface area contributed by atoms with Crippen LogP contribution in [0.15, 0.2) is 27.1 Å². The van der Waals surface area contributed by atoms with Crippen LogP contribution in [0.2, 0.25) is 0 Å². The van der Waals surface area contributed by atoms with Gasteiger partial charge in [0.15, 0.2) is 0 Å². The van der Waals surface area contributed by atoms with E-state index in [0.29, 0.717) is 5.56 Å². The molecule has 0 atom stereocenters. The van der Waals surface area contributed by atoms with Gasteiger partial charge in [0.2, 0.25) is 0 Å². The van der Waals surface area contributed by atoms with Crippen molar-refractivity contribution in [3.63, 3.8) is 0 Å². The summed E-state index contributed by atoms with van der Waals surface area (Å²) in [6.07, 6.45) is 0.963. The molecule has 1 rings (SSSR count). The zero-order valence-corrected chi connectivity index (χ0v) is 14.8. The standard InChI is InChI=1S/C14H20Br2N2O/c1-4-7-18(9-8-17(2)3)14(19)12-10-11(15)5-6-13(12)16/h5-6,10H,4,7-9H2,1-3H3. The summed E-state index contributed by atoms with van der Waals surface area (Å²) in [7, 11) is 4.03. The Bertz CT molecular complexity index is 435. The molecule has 0 saturated heterocycles. The van der Waals surface area contributed by atoms with Crippen LogP contribution in [0.5, 0.6) is 0 Å². The Labute approximate surface area is 132 Å². The highest BCUT2D eigenvalue weighted by molar-refractivity contribution is 9.11. The number of likely N-dealkylation sites (N-methyl/N-ethyl adjacent to an activating group) is 1. The van der Waals surface area contributed by atoms with E-state index in [1.54, 1.807) is 0 Å². The second-order valence-corrected chi connectivity index (χ2v) is 6.49. The Morgan fingerprint density at radius 2 is 1.84 bits per heavy atom. The lowest BCUT2D eigenvalue weighted by atomic mass is 10.2. The lowest BCUT2D eigenvalue weighted by Crippen LogP contribution is -2.37. The average Bonchev–Trinajstić information content (AvgIpc) is 2.36. The number of hydrogen-bond acceptors (Lipinski definition) is 2. The van der Waals surface area contributed by atoms with Crippen molar-refractivity contribution in [1.82, 2.24) is 9.80 Å². The van der Waals surface area contributed by atoms with Crippen molar-refractivity contribution in [2.24, 2.45) is 0 Å². The van der Waals surface area contributed by atoms with Gasteiger partial charge in [-0.1, -0.05) is 22.9 Å². The van der Waals surface area contributed by atoms with Crippen LogP contribution < -0.4 is 0 Å². The SMILES string of the molecule is CCCN(CCN(C)C)C(=O)c1cc(Br)ccc1Br. The molecular formula is C14H20Br2N2O. The van der Waals surface area contributed by atoms with Crippen molar-refractivity contribution in [3.05, 3.63) is 32.7 Å². The molecule has 0 aliphatic heterocycles.